The van der Waals surface area contributed by atoms with Crippen molar-refractivity contribution in [3.63, 3.8) is 0 Å². The number of hydrogen-bond donors (Lipinski definition) is 2. The molecule has 1 atom stereocenters. The van der Waals surface area contributed by atoms with E-state index in [-0.39, 0.29) is 12.5 Å². The van der Waals surface area contributed by atoms with E-state index in [9.17, 15) is 13.2 Å². The van der Waals surface area contributed by atoms with E-state index in [4.69, 9.17) is 9.84 Å². The second-order valence-electron chi connectivity index (χ2n) is 3.87. The molecule has 0 aliphatic heterocycles. The molecule has 6 heteroatoms. The molecule has 0 heterocycles. The van der Waals surface area contributed by atoms with Crippen molar-refractivity contribution < 1.29 is 23.0 Å². The Morgan fingerprint density at radius 3 is 2.13 bits per heavy atom. The van der Waals surface area contributed by atoms with E-state index in [1.165, 1.54) is 7.11 Å². The Labute approximate surface area is 87.6 Å². The van der Waals surface area contributed by atoms with Crippen molar-refractivity contribution in [2.45, 2.75) is 25.6 Å². The molecule has 0 aliphatic carbocycles. The third-order valence-corrected chi connectivity index (χ3v) is 2.43. The quantitative estimate of drug-likeness (QED) is 0.718. The number of alkyl halides is 3. The van der Waals surface area contributed by atoms with Gasteiger partial charge in [0.25, 0.3) is 0 Å². The van der Waals surface area contributed by atoms with Crippen molar-refractivity contribution in [1.82, 2.24) is 5.32 Å². The Hall–Kier alpha value is -0.330. The van der Waals surface area contributed by atoms with Crippen molar-refractivity contribution >= 4 is 0 Å². The molecule has 0 radical (unpaired) electrons. The molecule has 15 heavy (non-hydrogen) atoms. The van der Waals surface area contributed by atoms with Crippen LogP contribution in [0.2, 0.25) is 0 Å². The van der Waals surface area contributed by atoms with Gasteiger partial charge in [-0.25, -0.2) is 0 Å². The lowest BCUT2D eigenvalue weighted by atomic mass is 9.88. The average molecular weight is 229 g/mol. The molecule has 0 saturated carbocycles. The van der Waals surface area contributed by atoms with Crippen molar-refractivity contribution in [1.29, 1.82) is 0 Å². The molecule has 0 fully saturated rings. The summed E-state index contributed by atoms with van der Waals surface area (Å²) in [6, 6.07) is 0. The van der Waals surface area contributed by atoms with Crippen LogP contribution in [0.4, 0.5) is 13.2 Å². The van der Waals surface area contributed by atoms with Crippen LogP contribution in [0.3, 0.4) is 0 Å². The van der Waals surface area contributed by atoms with E-state index in [2.05, 4.69) is 5.32 Å². The summed E-state index contributed by atoms with van der Waals surface area (Å²) in [6.45, 7) is 1.98. The van der Waals surface area contributed by atoms with E-state index in [0.29, 0.717) is 0 Å². The fourth-order valence-electron chi connectivity index (χ4n) is 1.24. The molecular formula is C9H18F3NO2. The Bertz CT molecular complexity index is 185. The third-order valence-electron chi connectivity index (χ3n) is 2.43. The van der Waals surface area contributed by atoms with Gasteiger partial charge in [-0.3, -0.25) is 5.32 Å². The van der Waals surface area contributed by atoms with Crippen LogP contribution in [-0.2, 0) is 4.74 Å². The van der Waals surface area contributed by atoms with Gasteiger partial charge in [0, 0.05) is 7.11 Å². The number of aliphatic hydroxyl groups excluding tert-OH is 1. The monoisotopic (exact) mass is 229 g/mol. The molecule has 3 nitrogen and oxygen atoms in total. The fraction of sp³-hybridized carbons (Fsp3) is 1.00. The van der Waals surface area contributed by atoms with Gasteiger partial charge >= 0.3 is 6.18 Å². The summed E-state index contributed by atoms with van der Waals surface area (Å²) >= 11 is 0. The Balaban J connectivity index is 4.48. The largest absolute Gasteiger partial charge is 0.401 e. The Morgan fingerprint density at radius 2 is 1.87 bits per heavy atom. The van der Waals surface area contributed by atoms with Gasteiger partial charge in [0.15, 0.2) is 0 Å². The zero-order chi connectivity index (χ0) is 12.1. The van der Waals surface area contributed by atoms with Crippen LogP contribution in [0.1, 0.15) is 13.8 Å². The molecule has 1 unspecified atom stereocenters. The number of aliphatic hydroxyl groups is 1. The number of methoxy groups -OCH3 is 1. The first kappa shape index (κ1) is 14.7. The molecule has 0 saturated heterocycles. The minimum absolute atomic E-state index is 0.0389. The molecular weight excluding hydrogens is 211 g/mol. The molecule has 0 amide bonds. The summed E-state index contributed by atoms with van der Waals surface area (Å²) in [5.74, 6) is -0.162. The number of ether oxygens (including phenoxy) is 1. The molecule has 0 aromatic rings. The predicted octanol–water partition coefficient (Wildman–Crippen LogP) is 1.17. The highest BCUT2D eigenvalue weighted by Gasteiger charge is 2.37. The van der Waals surface area contributed by atoms with Crippen LogP contribution in [0.15, 0.2) is 0 Å². The number of rotatable bonds is 6. The summed E-state index contributed by atoms with van der Waals surface area (Å²) in [7, 11) is 1.39. The maximum absolute atomic E-state index is 12.0. The molecule has 2 N–H and O–H groups in total. The first-order chi connectivity index (χ1) is 6.77. The summed E-state index contributed by atoms with van der Waals surface area (Å²) < 4.78 is 41.0. The van der Waals surface area contributed by atoms with E-state index >= 15 is 0 Å². The van der Waals surface area contributed by atoms with Crippen LogP contribution in [0.5, 0.6) is 0 Å². The number of hydrogen-bond acceptors (Lipinski definition) is 3. The highest BCUT2D eigenvalue weighted by molar-refractivity contribution is 4.91. The van der Waals surface area contributed by atoms with Crippen LogP contribution in [0.25, 0.3) is 0 Å². The van der Waals surface area contributed by atoms with E-state index < -0.39 is 24.9 Å². The predicted molar refractivity (Wildman–Crippen MR) is 50.6 cm³/mol. The van der Waals surface area contributed by atoms with Gasteiger partial charge in [0.1, 0.15) is 0 Å². The molecule has 0 rings (SSSR count). The Kier molecular flexibility index (Phi) is 5.55. The molecule has 0 bridgehead atoms. The second-order valence-corrected chi connectivity index (χ2v) is 3.87. The van der Waals surface area contributed by atoms with Crippen molar-refractivity contribution in [3.8, 4) is 0 Å². The summed E-state index contributed by atoms with van der Waals surface area (Å²) in [5, 5.41) is 11.5. The van der Waals surface area contributed by atoms with Crippen LogP contribution < -0.4 is 5.32 Å². The smallest absolute Gasteiger partial charge is 0.394 e. The van der Waals surface area contributed by atoms with Gasteiger partial charge in [-0.05, 0) is 5.92 Å². The topological polar surface area (TPSA) is 41.5 Å². The lowest BCUT2D eigenvalue weighted by molar-refractivity contribution is -0.133. The van der Waals surface area contributed by atoms with Gasteiger partial charge in [0.05, 0.1) is 25.3 Å². The lowest BCUT2D eigenvalue weighted by Gasteiger charge is -2.36. The standard InChI is InChI=1S/C9H18F3NO2/c1-7(2)8(5-14,6-15-3)13-4-9(10,11)12/h7,13-14H,4-6H2,1-3H3. The molecule has 0 spiro atoms. The molecule has 0 aromatic carbocycles. The molecule has 0 aromatic heterocycles. The van der Waals surface area contributed by atoms with Crippen LogP contribution >= 0.6 is 0 Å². The van der Waals surface area contributed by atoms with Crippen LogP contribution in [0, 0.1) is 5.92 Å². The maximum Gasteiger partial charge on any atom is 0.401 e. The van der Waals surface area contributed by atoms with Crippen molar-refractivity contribution in [2.75, 3.05) is 26.9 Å². The normalized spacial score (nSPS) is 16.8. The zero-order valence-electron chi connectivity index (χ0n) is 9.19. The Morgan fingerprint density at radius 1 is 1.33 bits per heavy atom. The van der Waals surface area contributed by atoms with Gasteiger partial charge in [-0.15, -0.1) is 0 Å². The molecule has 0 aliphatic rings. The third kappa shape index (κ3) is 4.81. The number of nitrogens with one attached hydrogen (secondary N) is 1. The van der Waals surface area contributed by atoms with Crippen LogP contribution in [-0.4, -0.2) is 43.7 Å². The van der Waals surface area contributed by atoms with Gasteiger partial charge in [-0.2, -0.15) is 13.2 Å². The summed E-state index contributed by atoms with van der Waals surface area (Å²) in [5.41, 5.74) is -1.04. The van der Waals surface area contributed by atoms with Crippen molar-refractivity contribution in [3.05, 3.63) is 0 Å². The maximum atomic E-state index is 12.0. The fourth-order valence-corrected chi connectivity index (χ4v) is 1.24. The van der Waals surface area contributed by atoms with Gasteiger partial charge in [-0.1, -0.05) is 13.8 Å². The highest BCUT2D eigenvalue weighted by atomic mass is 19.4. The van der Waals surface area contributed by atoms with E-state index in [1.54, 1.807) is 13.8 Å². The molecule has 92 valence electrons. The SMILES string of the molecule is COCC(CO)(NCC(F)(F)F)C(C)C. The second kappa shape index (κ2) is 5.67. The average Bonchev–Trinajstić information content (AvgIpc) is 2.10. The highest BCUT2D eigenvalue weighted by Crippen LogP contribution is 2.20. The van der Waals surface area contributed by atoms with Crippen molar-refractivity contribution in [2.24, 2.45) is 5.92 Å². The minimum Gasteiger partial charge on any atom is -0.394 e. The van der Waals surface area contributed by atoms with E-state index in [0.717, 1.165) is 0 Å². The van der Waals surface area contributed by atoms with Gasteiger partial charge < -0.3 is 9.84 Å². The number of halogens is 3. The van der Waals surface area contributed by atoms with Gasteiger partial charge in [0.2, 0.25) is 0 Å². The zero-order valence-corrected chi connectivity index (χ0v) is 9.19. The summed E-state index contributed by atoms with van der Waals surface area (Å²) in [4.78, 5) is 0. The first-order valence-corrected chi connectivity index (χ1v) is 4.69. The first-order valence-electron chi connectivity index (χ1n) is 4.69. The minimum atomic E-state index is -4.29. The van der Waals surface area contributed by atoms with E-state index in [1.807, 2.05) is 0 Å². The summed E-state index contributed by atoms with van der Waals surface area (Å²) in [6.07, 6.45) is -4.29. The lowest BCUT2D eigenvalue weighted by Crippen LogP contribution is -2.58.